The lowest BCUT2D eigenvalue weighted by Gasteiger charge is -2.35. The van der Waals surface area contributed by atoms with E-state index in [2.05, 4.69) is 12.1 Å². The van der Waals surface area contributed by atoms with Crippen LogP contribution in [-0.2, 0) is 14.8 Å². The minimum atomic E-state index is -3.55. The summed E-state index contributed by atoms with van der Waals surface area (Å²) in [5, 5.41) is 0. The molecular formula is C25H32N2O3S. The molecule has 2 aliphatic heterocycles. The molecule has 0 aromatic heterocycles. The molecule has 2 aliphatic rings. The molecule has 2 fully saturated rings. The Kier molecular flexibility index (Phi) is 6.22. The molecule has 0 N–H and O–H groups in total. The summed E-state index contributed by atoms with van der Waals surface area (Å²) in [4.78, 5) is 15.8. The van der Waals surface area contributed by atoms with Crippen molar-refractivity contribution < 1.29 is 13.2 Å². The van der Waals surface area contributed by atoms with Crippen molar-refractivity contribution in [1.82, 2.24) is 9.21 Å². The molecule has 5 nitrogen and oxygen atoms in total. The summed E-state index contributed by atoms with van der Waals surface area (Å²) >= 11 is 0. The molecule has 2 saturated heterocycles. The van der Waals surface area contributed by atoms with Gasteiger partial charge in [-0.25, -0.2) is 8.42 Å². The van der Waals surface area contributed by atoms with Crippen LogP contribution in [0.3, 0.4) is 0 Å². The van der Waals surface area contributed by atoms with Gasteiger partial charge in [0, 0.05) is 25.6 Å². The SMILES string of the molecule is Cc1cc(C)c(S(=O)(=O)N2CCC(C(=O)N3CCCC3c3ccccc3)CC2)c(C)c1. The van der Waals surface area contributed by atoms with E-state index in [0.29, 0.717) is 30.8 Å². The molecule has 0 saturated carbocycles. The number of amides is 1. The number of carbonyl (C=O) groups excluding carboxylic acids is 1. The number of likely N-dealkylation sites (tertiary alicyclic amines) is 1. The Morgan fingerprint density at radius 2 is 1.52 bits per heavy atom. The minimum absolute atomic E-state index is 0.101. The molecule has 1 unspecified atom stereocenters. The van der Waals surface area contributed by atoms with Crippen molar-refractivity contribution in [1.29, 1.82) is 0 Å². The zero-order chi connectivity index (χ0) is 22.2. The quantitative estimate of drug-likeness (QED) is 0.709. The maximum atomic E-state index is 13.3. The van der Waals surface area contributed by atoms with Gasteiger partial charge in [0.05, 0.1) is 10.9 Å². The molecule has 31 heavy (non-hydrogen) atoms. The van der Waals surface area contributed by atoms with Crippen LogP contribution in [0.2, 0.25) is 0 Å². The minimum Gasteiger partial charge on any atom is -0.335 e. The highest BCUT2D eigenvalue weighted by Gasteiger charge is 2.38. The largest absolute Gasteiger partial charge is 0.335 e. The van der Waals surface area contributed by atoms with E-state index in [0.717, 1.165) is 36.1 Å². The van der Waals surface area contributed by atoms with Crippen LogP contribution in [0, 0.1) is 26.7 Å². The second kappa shape index (κ2) is 8.75. The number of sulfonamides is 1. The Balaban J connectivity index is 1.46. The molecule has 2 heterocycles. The summed E-state index contributed by atoms with van der Waals surface area (Å²) in [6.07, 6.45) is 3.18. The Hall–Kier alpha value is -2.18. The molecule has 1 amide bonds. The van der Waals surface area contributed by atoms with Crippen molar-refractivity contribution >= 4 is 15.9 Å². The van der Waals surface area contributed by atoms with Crippen molar-refractivity contribution in [2.75, 3.05) is 19.6 Å². The summed E-state index contributed by atoms with van der Waals surface area (Å²) in [6, 6.07) is 14.2. The average Bonchev–Trinajstić information content (AvgIpc) is 3.23. The molecule has 6 heteroatoms. The molecule has 0 radical (unpaired) electrons. The summed E-state index contributed by atoms with van der Waals surface area (Å²) < 4.78 is 28.3. The van der Waals surface area contributed by atoms with Crippen LogP contribution in [0.4, 0.5) is 0 Å². The first-order chi connectivity index (χ1) is 14.8. The lowest BCUT2D eigenvalue weighted by atomic mass is 9.95. The van der Waals surface area contributed by atoms with Gasteiger partial charge in [-0.1, -0.05) is 48.0 Å². The molecule has 0 spiro atoms. The normalized spacial score (nSPS) is 20.9. The summed E-state index contributed by atoms with van der Waals surface area (Å²) in [5.74, 6) is 0.0853. The fraction of sp³-hybridized carbons (Fsp3) is 0.480. The first kappa shape index (κ1) is 22.0. The number of aryl methyl sites for hydroxylation is 3. The number of benzene rings is 2. The highest BCUT2D eigenvalue weighted by molar-refractivity contribution is 7.89. The lowest BCUT2D eigenvalue weighted by molar-refractivity contribution is -0.137. The molecule has 2 aromatic carbocycles. The third-order valence-corrected chi connectivity index (χ3v) is 8.93. The van der Waals surface area contributed by atoms with Gasteiger partial charge >= 0.3 is 0 Å². The number of nitrogens with zero attached hydrogens (tertiary/aromatic N) is 2. The van der Waals surface area contributed by atoms with Crippen molar-refractivity contribution in [3.8, 4) is 0 Å². The predicted octanol–water partition coefficient (Wildman–Crippen LogP) is 4.38. The number of hydrogen-bond donors (Lipinski definition) is 0. The average molecular weight is 441 g/mol. The van der Waals surface area contributed by atoms with Gasteiger partial charge in [0.2, 0.25) is 15.9 Å². The van der Waals surface area contributed by atoms with E-state index in [9.17, 15) is 13.2 Å². The Bertz CT molecular complexity index is 1030. The van der Waals surface area contributed by atoms with Crippen molar-refractivity contribution in [2.45, 2.75) is 57.4 Å². The van der Waals surface area contributed by atoms with Gasteiger partial charge in [-0.2, -0.15) is 4.31 Å². The third-order valence-electron chi connectivity index (χ3n) is 6.73. The highest BCUT2D eigenvalue weighted by Crippen LogP contribution is 2.35. The van der Waals surface area contributed by atoms with E-state index < -0.39 is 10.0 Å². The van der Waals surface area contributed by atoms with Gasteiger partial charge in [0.1, 0.15) is 0 Å². The first-order valence-corrected chi connectivity index (χ1v) is 12.7. The molecule has 0 aliphatic carbocycles. The fourth-order valence-electron chi connectivity index (χ4n) is 5.33. The van der Waals surface area contributed by atoms with Crippen molar-refractivity contribution in [3.05, 3.63) is 64.7 Å². The summed E-state index contributed by atoms with van der Waals surface area (Å²) in [5.41, 5.74) is 3.84. The number of hydrogen-bond acceptors (Lipinski definition) is 3. The number of piperidine rings is 1. The van der Waals surface area contributed by atoms with Crippen molar-refractivity contribution in [3.63, 3.8) is 0 Å². The van der Waals surface area contributed by atoms with Crippen LogP contribution >= 0.6 is 0 Å². The lowest BCUT2D eigenvalue weighted by Crippen LogP contribution is -2.44. The van der Waals surface area contributed by atoms with Gasteiger partial charge < -0.3 is 4.90 Å². The molecular weight excluding hydrogens is 408 g/mol. The standard InChI is InChI=1S/C25H32N2O3S/c1-18-16-19(2)24(20(3)17-18)31(29,30)26-14-11-22(12-15-26)25(28)27-13-7-10-23(27)21-8-5-4-6-9-21/h4-6,8-9,16-17,22-23H,7,10-15H2,1-3H3. The van der Waals surface area contributed by atoms with Crippen LogP contribution in [0.15, 0.2) is 47.4 Å². The molecule has 0 bridgehead atoms. The topological polar surface area (TPSA) is 57.7 Å². The summed E-state index contributed by atoms with van der Waals surface area (Å²) in [7, 11) is -3.55. The zero-order valence-corrected chi connectivity index (χ0v) is 19.5. The molecule has 166 valence electrons. The zero-order valence-electron chi connectivity index (χ0n) is 18.7. The monoisotopic (exact) mass is 440 g/mol. The highest BCUT2D eigenvalue weighted by atomic mass is 32.2. The Morgan fingerprint density at radius 3 is 2.13 bits per heavy atom. The van der Waals surface area contributed by atoms with Crippen LogP contribution in [0.5, 0.6) is 0 Å². The second-order valence-electron chi connectivity index (χ2n) is 9.01. The Labute approximate surface area is 186 Å². The van der Waals surface area contributed by atoms with E-state index in [1.54, 1.807) is 4.31 Å². The van der Waals surface area contributed by atoms with Gasteiger partial charge in [-0.15, -0.1) is 0 Å². The second-order valence-corrected chi connectivity index (χ2v) is 10.9. The van der Waals surface area contributed by atoms with E-state index in [1.807, 2.05) is 56.0 Å². The molecule has 2 aromatic rings. The predicted molar refractivity (Wildman–Crippen MR) is 122 cm³/mol. The van der Waals surface area contributed by atoms with Crippen LogP contribution < -0.4 is 0 Å². The van der Waals surface area contributed by atoms with E-state index in [4.69, 9.17) is 0 Å². The van der Waals surface area contributed by atoms with Crippen LogP contribution in [0.1, 0.15) is 54.0 Å². The van der Waals surface area contributed by atoms with Gasteiger partial charge in [-0.3, -0.25) is 4.79 Å². The van der Waals surface area contributed by atoms with E-state index in [1.165, 1.54) is 5.56 Å². The Morgan fingerprint density at radius 1 is 0.903 bits per heavy atom. The number of carbonyl (C=O) groups is 1. The van der Waals surface area contributed by atoms with E-state index >= 15 is 0 Å². The number of rotatable bonds is 4. The van der Waals surface area contributed by atoms with Gasteiger partial charge in [0.25, 0.3) is 0 Å². The van der Waals surface area contributed by atoms with E-state index in [-0.39, 0.29) is 17.9 Å². The molecule has 1 atom stereocenters. The molecule has 4 rings (SSSR count). The van der Waals surface area contributed by atoms with Gasteiger partial charge in [0.15, 0.2) is 0 Å². The van der Waals surface area contributed by atoms with Crippen molar-refractivity contribution in [2.24, 2.45) is 5.92 Å². The maximum absolute atomic E-state index is 13.3. The maximum Gasteiger partial charge on any atom is 0.243 e. The fourth-order valence-corrected chi connectivity index (χ4v) is 7.21. The summed E-state index contributed by atoms with van der Waals surface area (Å²) in [6.45, 7) is 7.29. The van der Waals surface area contributed by atoms with Crippen LogP contribution in [-0.4, -0.2) is 43.2 Å². The van der Waals surface area contributed by atoms with Gasteiger partial charge in [-0.05, 0) is 63.1 Å². The third kappa shape index (κ3) is 4.28. The van der Waals surface area contributed by atoms with Crippen LogP contribution in [0.25, 0.3) is 0 Å². The first-order valence-electron chi connectivity index (χ1n) is 11.2. The smallest absolute Gasteiger partial charge is 0.243 e.